The Labute approximate surface area is 65.3 Å². The number of carbonyl (C=O) groups excluding carboxylic acids is 1. The van der Waals surface area contributed by atoms with Crippen LogP contribution in [0.2, 0.25) is 0 Å². The summed E-state index contributed by atoms with van der Waals surface area (Å²) in [6.07, 6.45) is 0. The maximum Gasteiger partial charge on any atom is 0.224 e. The molecule has 0 aromatic carbocycles. The molecule has 0 aromatic heterocycles. The molecule has 0 radical (unpaired) electrons. The first-order chi connectivity index (χ1) is 4.63. The van der Waals surface area contributed by atoms with Gasteiger partial charge in [0, 0.05) is 12.6 Å². The number of carbonyl (C=O) groups is 1. The molecule has 0 bridgehead atoms. The molecule has 1 atom stereocenters. The van der Waals surface area contributed by atoms with Gasteiger partial charge in [-0.25, -0.2) is 0 Å². The van der Waals surface area contributed by atoms with Crippen LogP contribution in [0.1, 0.15) is 20.8 Å². The van der Waals surface area contributed by atoms with E-state index in [1.54, 1.807) is 23.6 Å². The minimum absolute atomic E-state index is 0.131. The minimum atomic E-state index is 0.131. The molecule has 0 spiro atoms. The van der Waals surface area contributed by atoms with Crippen molar-refractivity contribution in [1.29, 1.82) is 0 Å². The van der Waals surface area contributed by atoms with E-state index in [1.165, 1.54) is 0 Å². The molecule has 0 N–H and O–H groups in total. The quantitative estimate of drug-likeness (QED) is 0.534. The van der Waals surface area contributed by atoms with Gasteiger partial charge in [0.05, 0.1) is 5.37 Å². The van der Waals surface area contributed by atoms with E-state index in [4.69, 9.17) is 0 Å². The molecule has 0 aliphatic carbocycles. The predicted molar refractivity (Wildman–Crippen MR) is 43.3 cm³/mol. The molecule has 0 saturated carbocycles. The van der Waals surface area contributed by atoms with Crippen LogP contribution in [-0.2, 0) is 4.79 Å². The van der Waals surface area contributed by atoms with Gasteiger partial charge in [-0.05, 0) is 19.3 Å². The first-order valence-electron chi connectivity index (χ1n) is 3.25. The van der Waals surface area contributed by atoms with Gasteiger partial charge in [0.25, 0.3) is 0 Å². The second-order valence-electron chi connectivity index (χ2n) is 2.38. The van der Waals surface area contributed by atoms with Gasteiger partial charge in [0.15, 0.2) is 0 Å². The average Bonchev–Trinajstić information content (AvgIpc) is 2.11. The highest BCUT2D eigenvalue weighted by molar-refractivity contribution is 8.02. The van der Waals surface area contributed by atoms with Crippen LogP contribution in [0.15, 0.2) is 11.1 Å². The summed E-state index contributed by atoms with van der Waals surface area (Å²) in [5.74, 6) is 0.131. The van der Waals surface area contributed by atoms with E-state index >= 15 is 0 Å². The molecule has 1 unspecified atom stereocenters. The Bertz CT molecular complexity index is 188. The number of allylic oxidation sites excluding steroid dienone is 1. The normalized spacial score (nSPS) is 24.9. The van der Waals surface area contributed by atoms with Crippen LogP contribution < -0.4 is 0 Å². The topological polar surface area (TPSA) is 20.3 Å². The molecule has 0 aromatic rings. The van der Waals surface area contributed by atoms with Crippen molar-refractivity contribution in [1.82, 2.24) is 4.90 Å². The molecule has 10 heavy (non-hydrogen) atoms. The first kappa shape index (κ1) is 7.66. The maximum atomic E-state index is 10.9. The summed E-state index contributed by atoms with van der Waals surface area (Å²) in [7, 11) is 0. The highest BCUT2D eigenvalue weighted by Crippen LogP contribution is 2.29. The van der Waals surface area contributed by atoms with Gasteiger partial charge in [-0.15, -0.1) is 11.8 Å². The lowest BCUT2D eigenvalue weighted by atomic mass is 10.4. The van der Waals surface area contributed by atoms with Crippen LogP contribution in [0.3, 0.4) is 0 Å². The van der Waals surface area contributed by atoms with Crippen LogP contribution in [0.5, 0.6) is 0 Å². The second-order valence-corrected chi connectivity index (χ2v) is 3.57. The molecule has 2 nitrogen and oxygen atoms in total. The number of rotatable bonds is 0. The number of nitrogens with zero attached hydrogens (tertiary/aromatic N) is 1. The van der Waals surface area contributed by atoms with Crippen LogP contribution in [0, 0.1) is 0 Å². The van der Waals surface area contributed by atoms with Crippen molar-refractivity contribution in [3.05, 3.63) is 11.1 Å². The first-order valence-corrected chi connectivity index (χ1v) is 4.19. The number of hydrogen-bond acceptors (Lipinski definition) is 2. The molecule has 1 rings (SSSR count). The van der Waals surface area contributed by atoms with Gasteiger partial charge in [0.2, 0.25) is 5.91 Å². The highest BCUT2D eigenvalue weighted by atomic mass is 32.2. The Hall–Kier alpha value is -0.440. The van der Waals surface area contributed by atoms with Crippen molar-refractivity contribution in [3.8, 4) is 0 Å². The fourth-order valence-corrected chi connectivity index (χ4v) is 2.05. The Kier molecular flexibility index (Phi) is 2.04. The Morgan fingerprint density at radius 2 is 2.40 bits per heavy atom. The van der Waals surface area contributed by atoms with Gasteiger partial charge in [0.1, 0.15) is 0 Å². The summed E-state index contributed by atoms with van der Waals surface area (Å²) in [4.78, 5) is 12.7. The number of hydrogen-bond donors (Lipinski definition) is 0. The van der Waals surface area contributed by atoms with Crippen molar-refractivity contribution in [2.75, 3.05) is 0 Å². The molecule has 1 amide bonds. The largest absolute Gasteiger partial charge is 0.304 e. The van der Waals surface area contributed by atoms with E-state index in [0.717, 1.165) is 5.70 Å². The smallest absolute Gasteiger partial charge is 0.224 e. The van der Waals surface area contributed by atoms with Crippen molar-refractivity contribution in [2.24, 2.45) is 0 Å². The van der Waals surface area contributed by atoms with E-state index in [9.17, 15) is 4.79 Å². The van der Waals surface area contributed by atoms with E-state index in [1.807, 2.05) is 19.3 Å². The van der Waals surface area contributed by atoms with Gasteiger partial charge < -0.3 is 4.90 Å². The summed E-state index contributed by atoms with van der Waals surface area (Å²) in [6.45, 7) is 5.58. The molecular formula is C7H11NOS. The van der Waals surface area contributed by atoms with Gasteiger partial charge in [-0.3, -0.25) is 4.79 Å². The van der Waals surface area contributed by atoms with Gasteiger partial charge >= 0.3 is 0 Å². The SMILES string of the molecule is CC(=O)N1C(C)=CSC1C. The minimum Gasteiger partial charge on any atom is -0.304 e. The number of amides is 1. The molecule has 1 aliphatic rings. The summed E-state index contributed by atoms with van der Waals surface area (Å²) >= 11 is 1.68. The maximum absolute atomic E-state index is 10.9. The lowest BCUT2D eigenvalue weighted by Crippen LogP contribution is -2.29. The number of thioether (sulfide) groups is 1. The van der Waals surface area contributed by atoms with Crippen LogP contribution in [-0.4, -0.2) is 16.2 Å². The zero-order valence-electron chi connectivity index (χ0n) is 6.42. The summed E-state index contributed by atoms with van der Waals surface area (Å²) in [5, 5.41) is 2.31. The summed E-state index contributed by atoms with van der Waals surface area (Å²) in [5.41, 5.74) is 1.06. The second kappa shape index (κ2) is 2.66. The van der Waals surface area contributed by atoms with Crippen molar-refractivity contribution in [3.63, 3.8) is 0 Å². The highest BCUT2D eigenvalue weighted by Gasteiger charge is 2.22. The third kappa shape index (κ3) is 1.19. The van der Waals surface area contributed by atoms with Gasteiger partial charge in [-0.1, -0.05) is 0 Å². The molecule has 0 saturated heterocycles. The van der Waals surface area contributed by atoms with E-state index in [0.29, 0.717) is 0 Å². The van der Waals surface area contributed by atoms with E-state index < -0.39 is 0 Å². The Morgan fingerprint density at radius 3 is 2.60 bits per heavy atom. The third-order valence-corrected chi connectivity index (χ3v) is 2.60. The third-order valence-electron chi connectivity index (χ3n) is 1.52. The van der Waals surface area contributed by atoms with Crippen molar-refractivity contribution >= 4 is 17.7 Å². The van der Waals surface area contributed by atoms with E-state index in [2.05, 4.69) is 0 Å². The standard InChI is InChI=1S/C7H11NOS/c1-5-4-10-7(3)8(5)6(2)9/h4,7H,1-3H3. The fraction of sp³-hybridized carbons (Fsp3) is 0.571. The fourth-order valence-electron chi connectivity index (χ4n) is 1.11. The molecule has 3 heteroatoms. The molecule has 0 fully saturated rings. The molecule has 1 heterocycles. The Balaban J connectivity index is 2.74. The lowest BCUT2D eigenvalue weighted by Gasteiger charge is -2.20. The van der Waals surface area contributed by atoms with E-state index in [-0.39, 0.29) is 11.3 Å². The van der Waals surface area contributed by atoms with Crippen LogP contribution >= 0.6 is 11.8 Å². The summed E-state index contributed by atoms with van der Waals surface area (Å²) in [6, 6.07) is 0. The monoisotopic (exact) mass is 157 g/mol. The molecule has 56 valence electrons. The molecule has 1 aliphatic heterocycles. The zero-order chi connectivity index (χ0) is 7.72. The Morgan fingerprint density at radius 1 is 1.80 bits per heavy atom. The van der Waals surface area contributed by atoms with Crippen molar-refractivity contribution in [2.45, 2.75) is 26.1 Å². The van der Waals surface area contributed by atoms with Gasteiger partial charge in [-0.2, -0.15) is 0 Å². The molecular weight excluding hydrogens is 146 g/mol. The average molecular weight is 157 g/mol. The van der Waals surface area contributed by atoms with Crippen LogP contribution in [0.4, 0.5) is 0 Å². The van der Waals surface area contributed by atoms with Crippen LogP contribution in [0.25, 0.3) is 0 Å². The summed E-state index contributed by atoms with van der Waals surface area (Å²) < 4.78 is 0. The predicted octanol–water partition coefficient (Wildman–Crippen LogP) is 1.79. The lowest BCUT2D eigenvalue weighted by molar-refractivity contribution is -0.127. The van der Waals surface area contributed by atoms with Crippen molar-refractivity contribution < 1.29 is 4.79 Å². The zero-order valence-corrected chi connectivity index (χ0v) is 7.23.